The second-order valence-corrected chi connectivity index (χ2v) is 6.66. The first-order valence-corrected chi connectivity index (χ1v) is 8.90. The Bertz CT molecular complexity index is 898. The Hall–Kier alpha value is -2.60. The number of ketones is 1. The van der Waals surface area contributed by atoms with Gasteiger partial charge in [-0.3, -0.25) is 9.36 Å². The number of thioether (sulfide) groups is 1. The smallest absolute Gasteiger partial charge is 0.200 e. The molecule has 0 atom stereocenters. The minimum absolute atomic E-state index is 0.0823. The molecule has 3 rings (SSSR count). The van der Waals surface area contributed by atoms with E-state index in [9.17, 15) is 4.79 Å². The Morgan fingerprint density at radius 1 is 1.32 bits per heavy atom. The van der Waals surface area contributed by atoms with Gasteiger partial charge in [-0.1, -0.05) is 35.5 Å². The Balaban J connectivity index is 1.80. The maximum atomic E-state index is 12.6. The molecule has 0 aliphatic rings. The number of benzene rings is 1. The minimum atomic E-state index is 0.0823. The van der Waals surface area contributed by atoms with Crippen LogP contribution in [0.5, 0.6) is 0 Å². The van der Waals surface area contributed by atoms with Crippen molar-refractivity contribution in [3.8, 4) is 11.6 Å². The zero-order valence-corrected chi connectivity index (χ0v) is 15.0. The molecule has 0 unspecified atom stereocenters. The van der Waals surface area contributed by atoms with Crippen molar-refractivity contribution in [3.63, 3.8) is 0 Å². The average Bonchev–Trinajstić information content (AvgIpc) is 3.25. The van der Waals surface area contributed by atoms with E-state index in [0.29, 0.717) is 29.0 Å². The molecule has 0 saturated carbocycles. The van der Waals surface area contributed by atoms with Gasteiger partial charge in [0.2, 0.25) is 5.82 Å². The molecule has 2 heterocycles. The summed E-state index contributed by atoms with van der Waals surface area (Å²) in [5, 5.41) is 9.08. The Morgan fingerprint density at radius 3 is 2.88 bits per heavy atom. The molecule has 0 radical (unpaired) electrons. The fourth-order valence-electron chi connectivity index (χ4n) is 2.52. The minimum Gasteiger partial charge on any atom is -0.461 e. The van der Waals surface area contributed by atoms with E-state index in [4.69, 9.17) is 4.42 Å². The zero-order valence-electron chi connectivity index (χ0n) is 14.2. The van der Waals surface area contributed by atoms with Gasteiger partial charge >= 0.3 is 0 Å². The number of allylic oxidation sites excluding steroid dienone is 1. The van der Waals surface area contributed by atoms with Gasteiger partial charge in [0.05, 0.1) is 12.0 Å². The number of hydrogen-bond donors (Lipinski definition) is 0. The van der Waals surface area contributed by atoms with Gasteiger partial charge in [0, 0.05) is 12.1 Å². The molecule has 0 aliphatic carbocycles. The summed E-state index contributed by atoms with van der Waals surface area (Å²) < 4.78 is 7.31. The van der Waals surface area contributed by atoms with Crippen molar-refractivity contribution in [1.82, 2.24) is 14.8 Å². The summed E-state index contributed by atoms with van der Waals surface area (Å²) in [6.45, 7) is 8.26. The molecule has 2 aromatic heterocycles. The number of rotatable bonds is 7. The van der Waals surface area contributed by atoms with Crippen molar-refractivity contribution in [3.05, 3.63) is 65.9 Å². The molecular weight excluding hydrogens is 334 g/mol. The molecule has 5 nitrogen and oxygen atoms in total. The van der Waals surface area contributed by atoms with E-state index in [1.807, 2.05) is 42.7 Å². The van der Waals surface area contributed by atoms with E-state index in [-0.39, 0.29) is 5.78 Å². The Kier molecular flexibility index (Phi) is 5.19. The van der Waals surface area contributed by atoms with Crippen molar-refractivity contribution in [2.45, 2.75) is 25.5 Å². The second kappa shape index (κ2) is 7.53. The highest BCUT2D eigenvalue weighted by Crippen LogP contribution is 2.25. The average molecular weight is 353 g/mol. The van der Waals surface area contributed by atoms with Crippen LogP contribution in [-0.2, 0) is 6.54 Å². The van der Waals surface area contributed by atoms with Gasteiger partial charge in [0.1, 0.15) is 0 Å². The highest BCUT2D eigenvalue weighted by Gasteiger charge is 2.17. The van der Waals surface area contributed by atoms with Crippen LogP contribution in [0.1, 0.15) is 21.5 Å². The van der Waals surface area contributed by atoms with E-state index in [1.165, 1.54) is 11.8 Å². The molecule has 0 amide bonds. The lowest BCUT2D eigenvalue weighted by molar-refractivity contribution is 0.102. The predicted octanol–water partition coefficient (Wildman–Crippen LogP) is 4.32. The molecule has 0 spiro atoms. The first-order chi connectivity index (χ1) is 12.1. The number of hydrogen-bond acceptors (Lipinski definition) is 5. The van der Waals surface area contributed by atoms with Crippen molar-refractivity contribution in [1.29, 1.82) is 0 Å². The number of Topliss-reactive ketones (excluding diaryl/α,β-unsaturated/α-hetero) is 1. The third kappa shape index (κ3) is 3.74. The summed E-state index contributed by atoms with van der Waals surface area (Å²) in [6.07, 6.45) is 3.37. The number of carbonyl (C=O) groups excluding carboxylic acids is 1. The molecule has 0 bridgehead atoms. The number of nitrogens with zero attached hydrogens (tertiary/aromatic N) is 3. The predicted molar refractivity (Wildman–Crippen MR) is 98.9 cm³/mol. The summed E-state index contributed by atoms with van der Waals surface area (Å²) in [5.74, 6) is 1.66. The van der Waals surface area contributed by atoms with Crippen LogP contribution in [0.25, 0.3) is 11.6 Å². The van der Waals surface area contributed by atoms with Gasteiger partial charge in [-0.25, -0.2) is 0 Å². The SMILES string of the molecule is C=CCn1c(SCC(=O)c2cc(C)ccc2C)nnc1-c1ccco1. The third-order valence-corrected chi connectivity index (χ3v) is 4.76. The standard InChI is InChI=1S/C19H19N3O2S/c1-4-9-22-18(17-6-5-10-24-17)20-21-19(22)25-12-16(23)15-11-13(2)7-8-14(15)3/h4-8,10-11H,1,9,12H2,2-3H3. The molecule has 0 N–H and O–H groups in total. The fourth-order valence-corrected chi connectivity index (χ4v) is 3.35. The van der Waals surface area contributed by atoms with Crippen molar-refractivity contribution >= 4 is 17.5 Å². The van der Waals surface area contributed by atoms with Crippen LogP contribution >= 0.6 is 11.8 Å². The Labute approximate surface area is 150 Å². The van der Waals surface area contributed by atoms with Crippen molar-refractivity contribution in [2.75, 3.05) is 5.75 Å². The number of aromatic nitrogens is 3. The summed E-state index contributed by atoms with van der Waals surface area (Å²) in [7, 11) is 0. The lowest BCUT2D eigenvalue weighted by atomic mass is 10.0. The quantitative estimate of drug-likeness (QED) is 0.360. The van der Waals surface area contributed by atoms with E-state index in [0.717, 1.165) is 16.7 Å². The molecule has 1 aromatic carbocycles. The molecule has 0 saturated heterocycles. The lowest BCUT2D eigenvalue weighted by Crippen LogP contribution is -2.07. The van der Waals surface area contributed by atoms with Gasteiger partial charge in [0.15, 0.2) is 16.7 Å². The van der Waals surface area contributed by atoms with Crippen LogP contribution in [0.2, 0.25) is 0 Å². The first kappa shape index (κ1) is 17.2. The molecule has 0 fully saturated rings. The van der Waals surface area contributed by atoms with E-state index < -0.39 is 0 Å². The molecule has 3 aromatic rings. The molecular formula is C19H19N3O2S. The van der Waals surface area contributed by atoms with Crippen LogP contribution in [-0.4, -0.2) is 26.3 Å². The van der Waals surface area contributed by atoms with Crippen LogP contribution in [0, 0.1) is 13.8 Å². The van der Waals surface area contributed by atoms with Gasteiger partial charge in [-0.05, 0) is 37.6 Å². The number of aryl methyl sites for hydroxylation is 2. The van der Waals surface area contributed by atoms with E-state index >= 15 is 0 Å². The molecule has 0 aliphatic heterocycles. The van der Waals surface area contributed by atoms with Gasteiger partial charge in [-0.2, -0.15) is 0 Å². The third-order valence-electron chi connectivity index (χ3n) is 3.80. The highest BCUT2D eigenvalue weighted by atomic mass is 32.2. The van der Waals surface area contributed by atoms with Crippen molar-refractivity contribution < 1.29 is 9.21 Å². The molecule has 6 heteroatoms. The van der Waals surface area contributed by atoms with Crippen molar-refractivity contribution in [2.24, 2.45) is 0 Å². The largest absolute Gasteiger partial charge is 0.461 e. The molecule has 128 valence electrons. The topological polar surface area (TPSA) is 60.9 Å². The van der Waals surface area contributed by atoms with E-state index in [2.05, 4.69) is 16.8 Å². The van der Waals surface area contributed by atoms with Crippen LogP contribution in [0.15, 0.2) is 58.8 Å². The van der Waals surface area contributed by atoms with E-state index in [1.54, 1.807) is 18.4 Å². The van der Waals surface area contributed by atoms with Crippen LogP contribution in [0.4, 0.5) is 0 Å². The summed E-state index contributed by atoms with van der Waals surface area (Å²) in [5.41, 5.74) is 2.82. The fraction of sp³-hybridized carbons (Fsp3) is 0.211. The Morgan fingerprint density at radius 2 is 2.16 bits per heavy atom. The summed E-state index contributed by atoms with van der Waals surface area (Å²) in [4.78, 5) is 12.6. The van der Waals surface area contributed by atoms with Crippen LogP contribution in [0.3, 0.4) is 0 Å². The summed E-state index contributed by atoms with van der Waals surface area (Å²) >= 11 is 1.37. The van der Waals surface area contributed by atoms with Crippen LogP contribution < -0.4 is 0 Å². The first-order valence-electron chi connectivity index (χ1n) is 7.91. The summed E-state index contributed by atoms with van der Waals surface area (Å²) in [6, 6.07) is 9.55. The van der Waals surface area contributed by atoms with Gasteiger partial charge in [-0.15, -0.1) is 16.8 Å². The zero-order chi connectivity index (χ0) is 17.8. The highest BCUT2D eigenvalue weighted by molar-refractivity contribution is 7.99. The normalized spacial score (nSPS) is 10.8. The van der Waals surface area contributed by atoms with Gasteiger partial charge < -0.3 is 4.42 Å². The maximum Gasteiger partial charge on any atom is 0.200 e. The molecule has 25 heavy (non-hydrogen) atoms. The lowest BCUT2D eigenvalue weighted by Gasteiger charge is -2.08. The van der Waals surface area contributed by atoms with Gasteiger partial charge in [0.25, 0.3) is 0 Å². The number of furan rings is 1. The number of carbonyl (C=O) groups is 1. The second-order valence-electron chi connectivity index (χ2n) is 5.71. The maximum absolute atomic E-state index is 12.6. The monoisotopic (exact) mass is 353 g/mol.